The molecule has 0 fully saturated rings. The molecule has 3 amide bonds. The fraction of sp³-hybridized carbons (Fsp3) is 0.583. The maximum Gasteiger partial charge on any atom is 0.408 e. The van der Waals surface area contributed by atoms with Gasteiger partial charge in [0.15, 0.2) is 0 Å². The quantitative estimate of drug-likeness (QED) is 0.162. The van der Waals surface area contributed by atoms with E-state index >= 15 is 0 Å². The first-order valence-corrected chi connectivity index (χ1v) is 16.3. The minimum atomic E-state index is -1.09. The molecule has 44 heavy (non-hydrogen) atoms. The zero-order valence-electron chi connectivity index (χ0n) is 27.9. The van der Waals surface area contributed by atoms with E-state index in [1.54, 1.807) is 50.8 Å². The predicted octanol–water partition coefficient (Wildman–Crippen LogP) is 7.37. The number of carbonyl (C=O) groups is 3. The lowest BCUT2D eigenvalue weighted by Crippen LogP contribution is -2.54. The first kappa shape index (κ1) is 36.6. The summed E-state index contributed by atoms with van der Waals surface area (Å²) >= 11 is 0. The third kappa shape index (κ3) is 12.2. The van der Waals surface area contributed by atoms with Gasteiger partial charge in [-0.2, -0.15) is 0 Å². The summed E-state index contributed by atoms with van der Waals surface area (Å²) in [5.74, 6) is -0.782. The number of benzene rings is 2. The molecule has 0 saturated heterocycles. The van der Waals surface area contributed by atoms with E-state index < -0.39 is 29.7 Å². The lowest BCUT2D eigenvalue weighted by Gasteiger charge is -2.35. The number of hydrogen-bond acceptors (Lipinski definition) is 5. The average molecular weight is 610 g/mol. The standard InChI is InChI=1S/C36H55N3O5/c1-8-10-11-12-13-17-24-39(31(33(41)37-27(4)19-9-2)29-23-18-20-26(3)32(29)40)34(42)30(25-28-21-15-14-16-22-28)38-35(43)44-36(5,6)7/h14-16,18,20-23,27,30-31,40H,8-13,17,19,24-25H2,1-7H3,(H,37,41)(H,38,43). The molecule has 0 saturated carbocycles. The molecule has 0 aliphatic carbocycles. The van der Waals surface area contributed by atoms with Crippen LogP contribution in [0.3, 0.4) is 0 Å². The van der Waals surface area contributed by atoms with Gasteiger partial charge in [0.2, 0.25) is 11.8 Å². The van der Waals surface area contributed by atoms with Crippen LogP contribution in [0.2, 0.25) is 0 Å². The summed E-state index contributed by atoms with van der Waals surface area (Å²) in [4.78, 5) is 43.3. The van der Waals surface area contributed by atoms with Gasteiger partial charge in [0.25, 0.3) is 0 Å². The predicted molar refractivity (Wildman–Crippen MR) is 176 cm³/mol. The van der Waals surface area contributed by atoms with E-state index in [0.29, 0.717) is 24.1 Å². The number of nitrogens with one attached hydrogen (secondary N) is 2. The van der Waals surface area contributed by atoms with Crippen molar-refractivity contribution in [2.75, 3.05) is 6.54 Å². The van der Waals surface area contributed by atoms with Crippen LogP contribution in [0.1, 0.15) is 116 Å². The molecular formula is C36H55N3O5. The molecule has 2 rings (SSSR count). The number of alkyl carbamates (subject to hydrolysis) is 1. The maximum atomic E-state index is 14.6. The molecule has 0 spiro atoms. The number of phenols is 1. The molecule has 244 valence electrons. The van der Waals surface area contributed by atoms with E-state index in [1.807, 2.05) is 37.3 Å². The van der Waals surface area contributed by atoms with Crippen molar-refractivity contribution in [1.29, 1.82) is 0 Å². The Kier molecular flexibility index (Phi) is 15.2. The second-order valence-electron chi connectivity index (χ2n) is 12.8. The summed E-state index contributed by atoms with van der Waals surface area (Å²) in [5.41, 5.74) is 1.08. The van der Waals surface area contributed by atoms with Crippen molar-refractivity contribution in [3.63, 3.8) is 0 Å². The largest absolute Gasteiger partial charge is 0.507 e. The first-order chi connectivity index (χ1) is 20.9. The highest BCUT2D eigenvalue weighted by molar-refractivity contribution is 5.93. The summed E-state index contributed by atoms with van der Waals surface area (Å²) in [6, 6.07) is 12.5. The van der Waals surface area contributed by atoms with E-state index in [9.17, 15) is 19.5 Å². The Hall–Kier alpha value is -3.55. The van der Waals surface area contributed by atoms with Crippen LogP contribution < -0.4 is 10.6 Å². The Morgan fingerprint density at radius 3 is 2.18 bits per heavy atom. The summed E-state index contributed by atoms with van der Waals surface area (Å²) in [5, 5.41) is 17.1. The highest BCUT2D eigenvalue weighted by Gasteiger charge is 2.38. The van der Waals surface area contributed by atoms with Crippen molar-refractivity contribution in [2.45, 2.75) is 130 Å². The normalized spacial score (nSPS) is 13.4. The molecule has 2 aromatic carbocycles. The summed E-state index contributed by atoms with van der Waals surface area (Å²) in [6.07, 6.45) is 7.17. The van der Waals surface area contributed by atoms with E-state index in [2.05, 4.69) is 24.5 Å². The lowest BCUT2D eigenvalue weighted by atomic mass is 9.97. The lowest BCUT2D eigenvalue weighted by molar-refractivity contribution is -0.143. The number of rotatable bonds is 17. The Bertz CT molecular complexity index is 1180. The smallest absolute Gasteiger partial charge is 0.408 e. The van der Waals surface area contributed by atoms with Crippen molar-refractivity contribution in [1.82, 2.24) is 15.5 Å². The van der Waals surface area contributed by atoms with Gasteiger partial charge < -0.3 is 25.4 Å². The van der Waals surface area contributed by atoms with Gasteiger partial charge in [-0.05, 0) is 58.6 Å². The van der Waals surface area contributed by atoms with Crippen molar-refractivity contribution >= 4 is 17.9 Å². The molecule has 2 aromatic rings. The Labute approximate surface area is 264 Å². The second-order valence-corrected chi connectivity index (χ2v) is 12.8. The Morgan fingerprint density at radius 1 is 0.886 bits per heavy atom. The molecule has 0 radical (unpaired) electrons. The summed E-state index contributed by atoms with van der Waals surface area (Å²) in [7, 11) is 0. The third-order valence-electron chi connectivity index (χ3n) is 7.54. The Balaban J connectivity index is 2.58. The van der Waals surface area contributed by atoms with E-state index in [1.165, 1.54) is 0 Å². The number of para-hydroxylation sites is 1. The van der Waals surface area contributed by atoms with Crippen LogP contribution in [0.25, 0.3) is 0 Å². The van der Waals surface area contributed by atoms with Gasteiger partial charge in [-0.1, -0.05) is 101 Å². The van der Waals surface area contributed by atoms with Crippen LogP contribution in [-0.2, 0) is 20.7 Å². The molecule has 8 heteroatoms. The summed E-state index contributed by atoms with van der Waals surface area (Å²) < 4.78 is 5.54. The third-order valence-corrected chi connectivity index (χ3v) is 7.54. The number of nitrogens with zero attached hydrogens (tertiary/aromatic N) is 1. The fourth-order valence-corrected chi connectivity index (χ4v) is 5.31. The molecule has 0 aliphatic heterocycles. The minimum absolute atomic E-state index is 0.0174. The van der Waals surface area contributed by atoms with E-state index in [-0.39, 0.29) is 24.1 Å². The molecule has 0 heterocycles. The average Bonchev–Trinajstić information content (AvgIpc) is 2.95. The first-order valence-electron chi connectivity index (χ1n) is 16.3. The van der Waals surface area contributed by atoms with Gasteiger partial charge >= 0.3 is 6.09 Å². The highest BCUT2D eigenvalue weighted by Crippen LogP contribution is 2.33. The van der Waals surface area contributed by atoms with Crippen LogP contribution >= 0.6 is 0 Å². The van der Waals surface area contributed by atoms with Crippen LogP contribution in [0.4, 0.5) is 4.79 Å². The molecule has 3 unspecified atom stereocenters. The number of aromatic hydroxyl groups is 1. The molecule has 0 bridgehead atoms. The molecule has 0 aromatic heterocycles. The van der Waals surface area contributed by atoms with Crippen molar-refractivity contribution in [3.05, 3.63) is 65.2 Å². The van der Waals surface area contributed by atoms with Gasteiger partial charge in [0, 0.05) is 24.6 Å². The van der Waals surface area contributed by atoms with Crippen LogP contribution in [0.5, 0.6) is 5.75 Å². The second kappa shape index (κ2) is 18.3. The van der Waals surface area contributed by atoms with Gasteiger partial charge in [-0.15, -0.1) is 0 Å². The number of unbranched alkanes of at least 4 members (excludes halogenated alkanes) is 5. The monoisotopic (exact) mass is 609 g/mol. The van der Waals surface area contributed by atoms with Crippen molar-refractivity contribution in [3.8, 4) is 5.75 Å². The number of ether oxygens (including phenoxy) is 1. The topological polar surface area (TPSA) is 108 Å². The number of carbonyl (C=O) groups excluding carboxylic acids is 3. The number of phenolic OH excluding ortho intramolecular Hbond substituents is 1. The molecule has 0 aliphatic rings. The SMILES string of the molecule is CCCCCCCCN(C(=O)C(Cc1ccccc1)NC(=O)OC(C)(C)C)C(C(=O)NC(C)CCC)c1cccc(C)c1O. The zero-order chi connectivity index (χ0) is 32.7. The minimum Gasteiger partial charge on any atom is -0.507 e. The molecule has 3 N–H and O–H groups in total. The number of hydrogen-bond donors (Lipinski definition) is 3. The van der Waals surface area contributed by atoms with Crippen molar-refractivity contribution < 1.29 is 24.2 Å². The van der Waals surface area contributed by atoms with E-state index in [0.717, 1.165) is 50.5 Å². The van der Waals surface area contributed by atoms with Gasteiger partial charge in [0.05, 0.1) is 0 Å². The fourth-order valence-electron chi connectivity index (χ4n) is 5.31. The maximum absolute atomic E-state index is 14.6. The Morgan fingerprint density at radius 2 is 1.55 bits per heavy atom. The van der Waals surface area contributed by atoms with Crippen LogP contribution in [0.15, 0.2) is 48.5 Å². The number of amides is 3. The van der Waals surface area contributed by atoms with Gasteiger partial charge in [-0.3, -0.25) is 9.59 Å². The van der Waals surface area contributed by atoms with Gasteiger partial charge in [-0.25, -0.2) is 4.79 Å². The summed E-state index contributed by atoms with van der Waals surface area (Å²) in [6.45, 7) is 13.5. The zero-order valence-corrected chi connectivity index (χ0v) is 27.9. The van der Waals surface area contributed by atoms with E-state index in [4.69, 9.17) is 4.74 Å². The van der Waals surface area contributed by atoms with Crippen LogP contribution in [-0.4, -0.2) is 52.1 Å². The molecule has 3 atom stereocenters. The molecular weight excluding hydrogens is 554 g/mol. The number of aryl methyl sites for hydroxylation is 1. The van der Waals surface area contributed by atoms with Crippen molar-refractivity contribution in [2.24, 2.45) is 0 Å². The molecule has 8 nitrogen and oxygen atoms in total. The van der Waals surface area contributed by atoms with Gasteiger partial charge in [0.1, 0.15) is 23.4 Å². The van der Waals surface area contributed by atoms with Crippen LogP contribution in [0, 0.1) is 6.92 Å². The highest BCUT2D eigenvalue weighted by atomic mass is 16.6.